The average Bonchev–Trinajstić information content (AvgIpc) is 2.97. The number of hydrogen-bond acceptors (Lipinski definition) is 3. The predicted octanol–water partition coefficient (Wildman–Crippen LogP) is 3.27. The van der Waals surface area contributed by atoms with Crippen LogP contribution in [-0.2, 0) is 14.5 Å². The van der Waals surface area contributed by atoms with Crippen LogP contribution in [0.25, 0.3) is 0 Å². The van der Waals surface area contributed by atoms with Gasteiger partial charge in [0.25, 0.3) is 5.91 Å². The number of fused-ring (bicyclic) bond motifs is 2. The largest absolute Gasteiger partial charge is 0.323 e. The molecule has 1 spiro atoms. The third-order valence-electron chi connectivity index (χ3n) is 4.37. The van der Waals surface area contributed by atoms with Gasteiger partial charge in [0.05, 0.1) is 5.25 Å². The lowest BCUT2D eigenvalue weighted by atomic mass is 10.0. The maximum absolute atomic E-state index is 12.9. The van der Waals surface area contributed by atoms with Gasteiger partial charge in [-0.3, -0.25) is 14.5 Å². The SMILES string of the molecule is Cc1ccc(N2C(=O)[C@H](C)S[C@]23C(=O)Nc2ccccc23)cc1. The predicted molar refractivity (Wildman–Crippen MR) is 92.5 cm³/mol. The molecule has 5 heteroatoms. The number of benzene rings is 2. The number of anilines is 2. The standard InChI is InChI=1S/C18H16N2O2S/c1-11-7-9-13(10-8-11)20-16(21)12(2)23-18(20)14-5-3-4-6-15(14)19-17(18)22/h3-10,12H,1-2H3,(H,19,22)/t12-,18+/m0/s1. The molecule has 2 atom stereocenters. The minimum atomic E-state index is -1.01. The molecular weight excluding hydrogens is 308 g/mol. The van der Waals surface area contributed by atoms with Crippen molar-refractivity contribution in [2.24, 2.45) is 0 Å². The first-order valence-electron chi connectivity index (χ1n) is 7.53. The van der Waals surface area contributed by atoms with Crippen LogP contribution in [0.4, 0.5) is 11.4 Å². The molecule has 1 saturated heterocycles. The molecule has 0 aliphatic carbocycles. The Hall–Kier alpha value is -2.27. The molecule has 116 valence electrons. The fourth-order valence-corrected chi connectivity index (χ4v) is 4.74. The molecule has 2 aliphatic rings. The van der Waals surface area contributed by atoms with Crippen LogP contribution in [0.15, 0.2) is 48.5 Å². The second kappa shape index (κ2) is 4.86. The summed E-state index contributed by atoms with van der Waals surface area (Å²) in [5, 5.41) is 2.66. The van der Waals surface area contributed by atoms with E-state index in [-0.39, 0.29) is 17.1 Å². The molecule has 1 fully saturated rings. The topological polar surface area (TPSA) is 49.4 Å². The number of nitrogens with one attached hydrogen (secondary N) is 1. The van der Waals surface area contributed by atoms with Gasteiger partial charge in [-0.15, -0.1) is 11.8 Å². The van der Waals surface area contributed by atoms with Crippen molar-refractivity contribution >= 4 is 35.0 Å². The molecule has 0 aromatic heterocycles. The fraction of sp³-hybridized carbons (Fsp3) is 0.222. The maximum atomic E-state index is 12.9. The lowest BCUT2D eigenvalue weighted by Gasteiger charge is -2.32. The van der Waals surface area contributed by atoms with Crippen LogP contribution in [-0.4, -0.2) is 17.1 Å². The van der Waals surface area contributed by atoms with E-state index < -0.39 is 4.87 Å². The van der Waals surface area contributed by atoms with Crippen molar-refractivity contribution in [3.63, 3.8) is 0 Å². The molecule has 2 amide bonds. The van der Waals surface area contributed by atoms with Gasteiger partial charge in [0.2, 0.25) is 10.8 Å². The van der Waals surface area contributed by atoms with E-state index in [2.05, 4.69) is 5.32 Å². The van der Waals surface area contributed by atoms with E-state index in [0.29, 0.717) is 0 Å². The van der Waals surface area contributed by atoms with Crippen molar-refractivity contribution in [1.82, 2.24) is 0 Å². The Kier molecular flexibility index (Phi) is 3.03. The number of nitrogens with zero attached hydrogens (tertiary/aromatic N) is 1. The first kappa shape index (κ1) is 14.3. The van der Waals surface area contributed by atoms with Crippen molar-refractivity contribution < 1.29 is 9.59 Å². The fourth-order valence-electron chi connectivity index (χ4n) is 3.25. The Morgan fingerprint density at radius 1 is 1.09 bits per heavy atom. The van der Waals surface area contributed by atoms with Gasteiger partial charge in [-0.05, 0) is 32.0 Å². The Labute approximate surface area is 138 Å². The molecule has 2 aromatic carbocycles. The van der Waals surface area contributed by atoms with Crippen LogP contribution in [0.3, 0.4) is 0 Å². The Bertz CT molecular complexity index is 818. The molecule has 4 nitrogen and oxygen atoms in total. The van der Waals surface area contributed by atoms with Crippen LogP contribution < -0.4 is 10.2 Å². The van der Waals surface area contributed by atoms with E-state index in [4.69, 9.17) is 0 Å². The molecule has 23 heavy (non-hydrogen) atoms. The van der Waals surface area contributed by atoms with E-state index >= 15 is 0 Å². The van der Waals surface area contributed by atoms with E-state index in [1.54, 1.807) is 4.90 Å². The summed E-state index contributed by atoms with van der Waals surface area (Å²) in [5.74, 6) is -0.187. The van der Waals surface area contributed by atoms with Crippen LogP contribution in [0, 0.1) is 6.92 Å². The van der Waals surface area contributed by atoms with Crippen LogP contribution in [0.1, 0.15) is 18.1 Å². The Balaban J connectivity index is 1.94. The molecule has 0 saturated carbocycles. The third-order valence-corrected chi connectivity index (χ3v) is 5.85. The Morgan fingerprint density at radius 3 is 2.52 bits per heavy atom. The van der Waals surface area contributed by atoms with Crippen LogP contribution in [0.5, 0.6) is 0 Å². The summed E-state index contributed by atoms with van der Waals surface area (Å²) in [4.78, 5) is 26.3. The first-order valence-corrected chi connectivity index (χ1v) is 8.41. The van der Waals surface area contributed by atoms with Gasteiger partial charge >= 0.3 is 0 Å². The molecule has 2 heterocycles. The van der Waals surface area contributed by atoms with Crippen LogP contribution in [0.2, 0.25) is 0 Å². The smallest absolute Gasteiger partial charge is 0.266 e. The zero-order chi connectivity index (χ0) is 16.2. The van der Waals surface area contributed by atoms with Gasteiger partial charge in [-0.25, -0.2) is 0 Å². The molecule has 0 unspecified atom stereocenters. The summed E-state index contributed by atoms with van der Waals surface area (Å²) in [7, 11) is 0. The first-order chi connectivity index (χ1) is 11.0. The minimum Gasteiger partial charge on any atom is -0.323 e. The number of hydrogen-bond donors (Lipinski definition) is 1. The van der Waals surface area contributed by atoms with Crippen molar-refractivity contribution in [3.8, 4) is 0 Å². The second-order valence-corrected chi connectivity index (χ2v) is 7.45. The van der Waals surface area contributed by atoms with Crippen LogP contribution >= 0.6 is 11.8 Å². The van der Waals surface area contributed by atoms with E-state index in [1.165, 1.54) is 11.8 Å². The van der Waals surface area contributed by atoms with Gasteiger partial charge in [-0.2, -0.15) is 0 Å². The minimum absolute atomic E-state index is 0.0364. The molecule has 4 rings (SSSR count). The van der Waals surface area contributed by atoms with Gasteiger partial charge in [0.1, 0.15) is 0 Å². The average molecular weight is 324 g/mol. The number of aryl methyl sites for hydroxylation is 1. The zero-order valence-corrected chi connectivity index (χ0v) is 13.7. The van der Waals surface area contributed by atoms with Crippen molar-refractivity contribution in [3.05, 3.63) is 59.7 Å². The zero-order valence-electron chi connectivity index (χ0n) is 12.9. The highest BCUT2D eigenvalue weighted by atomic mass is 32.2. The number of thioether (sulfide) groups is 1. The van der Waals surface area contributed by atoms with E-state index in [9.17, 15) is 9.59 Å². The summed E-state index contributed by atoms with van der Waals surface area (Å²) < 4.78 is 0. The highest BCUT2D eigenvalue weighted by Gasteiger charge is 2.60. The molecule has 0 radical (unpaired) electrons. The summed E-state index contributed by atoms with van der Waals surface area (Å²) >= 11 is 1.41. The Morgan fingerprint density at radius 2 is 1.78 bits per heavy atom. The molecule has 0 bridgehead atoms. The number of carbonyl (C=O) groups is 2. The summed E-state index contributed by atoms with van der Waals surface area (Å²) in [5.41, 5.74) is 3.51. The monoisotopic (exact) mass is 324 g/mol. The van der Waals surface area contributed by atoms with Crippen molar-refractivity contribution in [2.45, 2.75) is 24.0 Å². The van der Waals surface area contributed by atoms with Gasteiger partial charge in [-0.1, -0.05) is 35.9 Å². The molecule has 1 N–H and O–H groups in total. The third kappa shape index (κ3) is 1.86. The lowest BCUT2D eigenvalue weighted by molar-refractivity contribution is -0.122. The second-order valence-electron chi connectivity index (χ2n) is 5.91. The summed E-state index contributed by atoms with van der Waals surface area (Å²) in [6.45, 7) is 3.86. The number of amides is 2. The lowest BCUT2D eigenvalue weighted by Crippen LogP contribution is -2.47. The highest BCUT2D eigenvalue weighted by Crippen LogP contribution is 2.55. The number of rotatable bonds is 1. The maximum Gasteiger partial charge on any atom is 0.266 e. The van der Waals surface area contributed by atoms with E-state index in [1.807, 2.05) is 62.4 Å². The number of para-hydroxylation sites is 1. The van der Waals surface area contributed by atoms with Gasteiger partial charge < -0.3 is 5.32 Å². The molecular formula is C18H16N2O2S. The molecule has 2 aromatic rings. The normalized spacial score (nSPS) is 25.8. The summed E-state index contributed by atoms with van der Waals surface area (Å²) in [6, 6.07) is 15.3. The summed E-state index contributed by atoms with van der Waals surface area (Å²) in [6.07, 6.45) is 0. The number of carbonyl (C=O) groups excluding carboxylic acids is 2. The highest BCUT2D eigenvalue weighted by molar-refractivity contribution is 8.03. The molecule has 2 aliphatic heterocycles. The van der Waals surface area contributed by atoms with Crippen molar-refractivity contribution in [1.29, 1.82) is 0 Å². The van der Waals surface area contributed by atoms with E-state index in [0.717, 1.165) is 22.5 Å². The van der Waals surface area contributed by atoms with Crippen molar-refractivity contribution in [2.75, 3.05) is 10.2 Å². The quantitative estimate of drug-likeness (QED) is 0.876. The van der Waals surface area contributed by atoms with Gasteiger partial charge in [0, 0.05) is 16.9 Å². The van der Waals surface area contributed by atoms with Gasteiger partial charge in [0.15, 0.2) is 0 Å².